The van der Waals surface area contributed by atoms with Crippen LogP contribution in [-0.2, 0) is 32.7 Å². The lowest BCUT2D eigenvalue weighted by Gasteiger charge is -2.24. The fourth-order valence-corrected chi connectivity index (χ4v) is 8.14. The normalized spacial score (nSPS) is 14.6. The summed E-state index contributed by atoms with van der Waals surface area (Å²) in [5.74, 6) is -0.876. The molecule has 0 aliphatic carbocycles. The third-order valence-corrected chi connectivity index (χ3v) is 13.1. The Labute approximate surface area is 501 Å². The van der Waals surface area contributed by atoms with Gasteiger partial charge < -0.3 is 18.9 Å². The zero-order valence-corrected chi connectivity index (χ0v) is 52.8. The number of likely N-dealkylation sites (N-methyl/N-ethyl adjacent to an activating group) is 1. The molecule has 2 unspecified atom stereocenters. The Bertz CT molecular complexity index is 2080. The summed E-state index contributed by atoms with van der Waals surface area (Å²) in [5.41, 5.74) is 0. The van der Waals surface area contributed by atoms with Crippen LogP contribution in [0.5, 0.6) is 0 Å². The van der Waals surface area contributed by atoms with Gasteiger partial charge in [0.05, 0.1) is 27.7 Å². The lowest BCUT2D eigenvalue weighted by molar-refractivity contribution is -0.870. The standard InChI is InChI=1S/C72H112NO8P/c1-6-8-10-12-14-16-18-20-22-24-26-28-30-32-34-36-38-40-42-44-46-48-50-52-54-56-58-60-62-64-71(74)78-68-70(69-80-82(76,77)79-67-66-73(3,4)5)81-72(75)65-63-61-59-57-55-53-51-49-47-45-43-41-39-37-35-33-31-29-27-25-23-21-19-17-15-13-11-9-7-2/h8-11,14-17,20-23,26-29,32-35,38-41,44-47,50-53,70H,6-7,12-13,18-19,24-25,30-31,36-37,42-43,48-49,54-69H2,1-5H3/p+1/b10-8-,11-9-,16-14-,17-15-,22-20-,23-21-,28-26-,29-27-,34-32-,35-33-,40-38-,41-39-,46-44-,47-45-,52-50-,53-51-. The van der Waals surface area contributed by atoms with Crippen LogP contribution in [0.15, 0.2) is 194 Å². The van der Waals surface area contributed by atoms with Crippen molar-refractivity contribution in [3.63, 3.8) is 0 Å². The van der Waals surface area contributed by atoms with E-state index >= 15 is 0 Å². The number of nitrogens with zero attached hydrogens (tertiary/aromatic N) is 1. The highest BCUT2D eigenvalue weighted by Gasteiger charge is 2.27. The summed E-state index contributed by atoms with van der Waals surface area (Å²) in [4.78, 5) is 35.8. The molecule has 0 bridgehead atoms. The van der Waals surface area contributed by atoms with Crippen LogP contribution in [0.25, 0.3) is 0 Å². The zero-order chi connectivity index (χ0) is 59.8. The molecule has 0 radical (unpaired) electrons. The van der Waals surface area contributed by atoms with Crippen molar-refractivity contribution in [3.8, 4) is 0 Å². The second-order valence-corrected chi connectivity index (χ2v) is 22.4. The summed E-state index contributed by atoms with van der Waals surface area (Å²) in [7, 11) is 1.41. The summed E-state index contributed by atoms with van der Waals surface area (Å²) in [6.07, 6.45) is 95.0. The van der Waals surface area contributed by atoms with Gasteiger partial charge in [0.1, 0.15) is 19.8 Å². The van der Waals surface area contributed by atoms with Gasteiger partial charge in [-0.15, -0.1) is 0 Å². The highest BCUT2D eigenvalue weighted by Crippen LogP contribution is 2.43. The van der Waals surface area contributed by atoms with Gasteiger partial charge in [-0.1, -0.05) is 234 Å². The monoisotopic (exact) mass is 1150 g/mol. The number of hydrogen-bond donors (Lipinski definition) is 1. The Morgan fingerprint density at radius 2 is 0.659 bits per heavy atom. The number of phosphoric ester groups is 1. The summed E-state index contributed by atoms with van der Waals surface area (Å²) in [5, 5.41) is 0. The molecule has 0 aliphatic heterocycles. The maximum absolute atomic E-state index is 12.8. The van der Waals surface area contributed by atoms with Crippen molar-refractivity contribution in [2.45, 2.75) is 200 Å². The van der Waals surface area contributed by atoms with Gasteiger partial charge in [0.2, 0.25) is 0 Å². The smallest absolute Gasteiger partial charge is 0.462 e. The van der Waals surface area contributed by atoms with Gasteiger partial charge in [-0.25, -0.2) is 4.57 Å². The molecule has 0 rings (SSSR count). The average Bonchev–Trinajstić information content (AvgIpc) is 3.44. The molecule has 10 heteroatoms. The van der Waals surface area contributed by atoms with Crippen molar-refractivity contribution in [3.05, 3.63) is 194 Å². The molecule has 0 aromatic carbocycles. The third kappa shape index (κ3) is 64.0. The lowest BCUT2D eigenvalue weighted by Crippen LogP contribution is -2.37. The van der Waals surface area contributed by atoms with Crippen molar-refractivity contribution in [2.24, 2.45) is 0 Å². The van der Waals surface area contributed by atoms with Crippen LogP contribution in [0.4, 0.5) is 0 Å². The van der Waals surface area contributed by atoms with E-state index in [4.69, 9.17) is 18.5 Å². The third-order valence-electron chi connectivity index (χ3n) is 12.1. The number of hydrogen-bond acceptors (Lipinski definition) is 7. The number of carbonyl (C=O) groups is 2. The highest BCUT2D eigenvalue weighted by atomic mass is 31.2. The van der Waals surface area contributed by atoms with E-state index in [-0.39, 0.29) is 26.1 Å². The Kier molecular flexibility index (Phi) is 56.6. The van der Waals surface area contributed by atoms with Crippen molar-refractivity contribution in [2.75, 3.05) is 47.5 Å². The predicted molar refractivity (Wildman–Crippen MR) is 352 cm³/mol. The fourth-order valence-electron chi connectivity index (χ4n) is 7.40. The lowest BCUT2D eigenvalue weighted by atomic mass is 10.1. The average molecular weight is 1150 g/mol. The molecular weight excluding hydrogens is 1040 g/mol. The highest BCUT2D eigenvalue weighted by molar-refractivity contribution is 7.47. The van der Waals surface area contributed by atoms with Crippen LogP contribution < -0.4 is 0 Å². The molecule has 0 heterocycles. The van der Waals surface area contributed by atoms with Gasteiger partial charge in [0.15, 0.2) is 6.10 Å². The van der Waals surface area contributed by atoms with E-state index in [1.807, 2.05) is 21.1 Å². The maximum Gasteiger partial charge on any atom is 0.472 e. The minimum Gasteiger partial charge on any atom is -0.462 e. The second-order valence-electron chi connectivity index (χ2n) is 21.0. The summed E-state index contributed by atoms with van der Waals surface area (Å²) in [6, 6.07) is 0. The first-order chi connectivity index (χ1) is 40.0. The molecule has 0 aliphatic rings. The topological polar surface area (TPSA) is 108 Å². The number of allylic oxidation sites excluding steroid dienone is 32. The Hall–Kier alpha value is -5.15. The predicted octanol–water partition coefficient (Wildman–Crippen LogP) is 20.1. The van der Waals surface area contributed by atoms with Gasteiger partial charge in [0.25, 0.3) is 0 Å². The number of esters is 2. The first-order valence-electron chi connectivity index (χ1n) is 31.2. The van der Waals surface area contributed by atoms with Crippen molar-refractivity contribution in [1.29, 1.82) is 0 Å². The molecule has 0 saturated carbocycles. The maximum atomic E-state index is 12.8. The van der Waals surface area contributed by atoms with Crippen molar-refractivity contribution >= 4 is 19.8 Å². The van der Waals surface area contributed by atoms with Gasteiger partial charge in [-0.05, 0) is 141 Å². The molecule has 1 N–H and O–H groups in total. The molecule has 0 fully saturated rings. The van der Waals surface area contributed by atoms with E-state index in [1.165, 1.54) is 0 Å². The first-order valence-corrected chi connectivity index (χ1v) is 32.7. The summed E-state index contributed by atoms with van der Waals surface area (Å²) >= 11 is 0. The van der Waals surface area contributed by atoms with Crippen LogP contribution in [0.1, 0.15) is 194 Å². The minimum atomic E-state index is -4.42. The van der Waals surface area contributed by atoms with E-state index < -0.39 is 32.5 Å². The number of rotatable bonds is 54. The fraction of sp³-hybridized carbons (Fsp3) is 0.528. The largest absolute Gasteiger partial charge is 0.472 e. The van der Waals surface area contributed by atoms with E-state index in [9.17, 15) is 19.0 Å². The molecule has 0 aromatic heterocycles. The Balaban J connectivity index is 4.33. The molecule has 0 spiro atoms. The van der Waals surface area contributed by atoms with Crippen LogP contribution in [0, 0.1) is 0 Å². The molecule has 0 aromatic rings. The molecule has 2 atom stereocenters. The molecule has 0 saturated heterocycles. The van der Waals surface area contributed by atoms with Crippen LogP contribution in [0.2, 0.25) is 0 Å². The van der Waals surface area contributed by atoms with Gasteiger partial charge in [-0.2, -0.15) is 0 Å². The minimum absolute atomic E-state index is 0.00916. The van der Waals surface area contributed by atoms with Crippen molar-refractivity contribution < 1.29 is 42.1 Å². The number of carbonyl (C=O) groups excluding carboxylic acids is 2. The molecular formula is C72H113NO8P+. The quantitative estimate of drug-likeness (QED) is 0.0211. The van der Waals surface area contributed by atoms with E-state index in [0.29, 0.717) is 23.9 Å². The zero-order valence-electron chi connectivity index (χ0n) is 51.9. The SMILES string of the molecule is CC/C=C\C/C=C\C/C=C\C/C=C\C/C=C\C/C=C\C/C=C\C/C=C\CCCCCCC(=O)OCC(COP(=O)(O)OCC[N+](C)(C)C)OC(=O)CCCCCC/C=C\C/C=C\C/C=C\C/C=C\C/C=C\C/C=C\C/C=C\C/C=C\CC. The first kappa shape index (κ1) is 76.9. The molecule has 458 valence electrons. The van der Waals surface area contributed by atoms with Gasteiger partial charge in [-0.3, -0.25) is 18.6 Å². The second kappa shape index (κ2) is 60.4. The van der Waals surface area contributed by atoms with Crippen LogP contribution in [-0.4, -0.2) is 74.9 Å². The van der Waals surface area contributed by atoms with E-state index in [1.54, 1.807) is 0 Å². The number of quaternary nitrogens is 1. The molecule has 0 amide bonds. The van der Waals surface area contributed by atoms with Gasteiger partial charge in [0, 0.05) is 12.8 Å². The summed E-state index contributed by atoms with van der Waals surface area (Å²) in [6.45, 7) is 4.10. The van der Waals surface area contributed by atoms with E-state index in [0.717, 1.165) is 154 Å². The number of ether oxygens (including phenoxy) is 2. The molecule has 82 heavy (non-hydrogen) atoms. The van der Waals surface area contributed by atoms with Crippen LogP contribution in [0.3, 0.4) is 0 Å². The number of phosphoric acid groups is 1. The van der Waals surface area contributed by atoms with Gasteiger partial charge >= 0.3 is 19.8 Å². The van der Waals surface area contributed by atoms with Crippen LogP contribution >= 0.6 is 7.82 Å². The molecule has 9 nitrogen and oxygen atoms in total. The summed E-state index contributed by atoms with van der Waals surface area (Å²) < 4.78 is 34.6. The number of unbranched alkanes of at least 4 members (excludes halogenated alkanes) is 8. The van der Waals surface area contributed by atoms with Crippen molar-refractivity contribution in [1.82, 2.24) is 0 Å². The Morgan fingerprint density at radius 3 is 0.963 bits per heavy atom. The van der Waals surface area contributed by atoms with E-state index in [2.05, 4.69) is 208 Å². The Morgan fingerprint density at radius 1 is 0.378 bits per heavy atom.